The van der Waals surface area contributed by atoms with Crippen molar-refractivity contribution in [2.24, 2.45) is 11.3 Å². The minimum Gasteiger partial charge on any atom is -0.396 e. The number of aliphatic hydroxyl groups is 2. The van der Waals surface area contributed by atoms with Crippen molar-refractivity contribution in [3.8, 4) is 0 Å². The van der Waals surface area contributed by atoms with Crippen molar-refractivity contribution < 1.29 is 10.2 Å². The molecule has 2 fully saturated rings. The second kappa shape index (κ2) is 3.19. The molecule has 3 heteroatoms. The summed E-state index contributed by atoms with van der Waals surface area (Å²) in [7, 11) is 2.08. The third kappa shape index (κ3) is 1.30. The SMILES string of the molecule is CC1CC1(CO)C1(O)CCN(C)CC1. The lowest BCUT2D eigenvalue weighted by Gasteiger charge is -2.42. The van der Waals surface area contributed by atoms with Gasteiger partial charge in [-0.3, -0.25) is 0 Å². The van der Waals surface area contributed by atoms with Crippen LogP contribution in [-0.4, -0.2) is 47.5 Å². The first kappa shape index (κ1) is 10.4. The second-order valence-electron chi connectivity index (χ2n) is 5.25. The van der Waals surface area contributed by atoms with E-state index in [1.807, 2.05) is 0 Å². The molecule has 14 heavy (non-hydrogen) atoms. The molecule has 1 aliphatic heterocycles. The normalized spacial score (nSPS) is 42.4. The minimum atomic E-state index is -0.603. The molecule has 1 saturated carbocycles. The fraction of sp³-hybridized carbons (Fsp3) is 1.00. The summed E-state index contributed by atoms with van der Waals surface area (Å²) in [5, 5.41) is 20.0. The Kier molecular flexibility index (Phi) is 2.37. The van der Waals surface area contributed by atoms with Gasteiger partial charge < -0.3 is 15.1 Å². The molecule has 82 valence electrons. The van der Waals surface area contributed by atoms with Crippen LogP contribution in [0.5, 0.6) is 0 Å². The molecule has 1 aliphatic carbocycles. The Morgan fingerprint density at radius 1 is 1.36 bits per heavy atom. The van der Waals surface area contributed by atoms with Crippen LogP contribution < -0.4 is 0 Å². The minimum absolute atomic E-state index is 0.147. The van der Waals surface area contributed by atoms with Gasteiger partial charge in [0, 0.05) is 18.5 Å². The van der Waals surface area contributed by atoms with Crippen LogP contribution in [0, 0.1) is 11.3 Å². The molecule has 1 heterocycles. The van der Waals surface area contributed by atoms with Crippen LogP contribution in [0.3, 0.4) is 0 Å². The number of piperidine rings is 1. The predicted molar refractivity (Wildman–Crippen MR) is 55.0 cm³/mol. The van der Waals surface area contributed by atoms with Crippen molar-refractivity contribution in [1.82, 2.24) is 4.90 Å². The van der Waals surface area contributed by atoms with E-state index in [1.54, 1.807) is 0 Å². The van der Waals surface area contributed by atoms with Crippen molar-refractivity contribution in [1.29, 1.82) is 0 Å². The zero-order valence-electron chi connectivity index (χ0n) is 9.16. The molecular weight excluding hydrogens is 178 g/mol. The average Bonchev–Trinajstić information content (AvgIpc) is 2.84. The lowest BCUT2D eigenvalue weighted by atomic mass is 9.76. The maximum atomic E-state index is 10.6. The number of rotatable bonds is 2. The maximum Gasteiger partial charge on any atom is 0.0752 e. The van der Waals surface area contributed by atoms with Crippen LogP contribution in [-0.2, 0) is 0 Å². The first-order valence-corrected chi connectivity index (χ1v) is 5.56. The third-order valence-corrected chi connectivity index (χ3v) is 4.48. The number of nitrogens with zero attached hydrogens (tertiary/aromatic N) is 1. The third-order valence-electron chi connectivity index (χ3n) is 4.48. The van der Waals surface area contributed by atoms with Crippen LogP contribution in [0.25, 0.3) is 0 Å². The van der Waals surface area contributed by atoms with Gasteiger partial charge in [-0.05, 0) is 32.2 Å². The van der Waals surface area contributed by atoms with Crippen LogP contribution in [0.2, 0.25) is 0 Å². The summed E-state index contributed by atoms with van der Waals surface area (Å²) in [4.78, 5) is 2.24. The Labute approximate surface area is 85.7 Å². The van der Waals surface area contributed by atoms with Gasteiger partial charge in [-0.25, -0.2) is 0 Å². The van der Waals surface area contributed by atoms with Crippen molar-refractivity contribution in [2.75, 3.05) is 26.7 Å². The summed E-state index contributed by atoms with van der Waals surface area (Å²) in [6.45, 7) is 4.18. The highest BCUT2D eigenvalue weighted by molar-refractivity contribution is 5.13. The van der Waals surface area contributed by atoms with E-state index in [2.05, 4.69) is 18.9 Å². The van der Waals surface area contributed by atoms with E-state index in [4.69, 9.17) is 0 Å². The largest absolute Gasteiger partial charge is 0.396 e. The summed E-state index contributed by atoms with van der Waals surface area (Å²) >= 11 is 0. The molecule has 0 amide bonds. The zero-order chi connectivity index (χ0) is 10.4. The molecule has 0 spiro atoms. The molecule has 2 atom stereocenters. The number of hydrogen-bond acceptors (Lipinski definition) is 3. The fourth-order valence-corrected chi connectivity index (χ4v) is 2.99. The highest BCUT2D eigenvalue weighted by Gasteiger charge is 2.63. The number of hydrogen-bond donors (Lipinski definition) is 2. The van der Waals surface area contributed by atoms with E-state index < -0.39 is 5.60 Å². The van der Waals surface area contributed by atoms with Gasteiger partial charge in [0.1, 0.15) is 0 Å². The summed E-state index contributed by atoms with van der Waals surface area (Å²) in [6, 6.07) is 0. The second-order valence-corrected chi connectivity index (χ2v) is 5.25. The summed E-state index contributed by atoms with van der Waals surface area (Å²) in [6.07, 6.45) is 2.62. The quantitative estimate of drug-likeness (QED) is 0.679. The van der Waals surface area contributed by atoms with Crippen LogP contribution in [0.15, 0.2) is 0 Å². The molecule has 0 aromatic heterocycles. The molecular formula is C11H21NO2. The predicted octanol–water partition coefficient (Wildman–Crippen LogP) is 0.462. The van der Waals surface area contributed by atoms with E-state index in [1.165, 1.54) is 0 Å². The Balaban J connectivity index is 2.09. The van der Waals surface area contributed by atoms with Gasteiger partial charge in [0.2, 0.25) is 0 Å². The Bertz CT molecular complexity index is 219. The summed E-state index contributed by atoms with van der Waals surface area (Å²) < 4.78 is 0. The lowest BCUT2D eigenvalue weighted by Crippen LogP contribution is -2.50. The fourth-order valence-electron chi connectivity index (χ4n) is 2.99. The highest BCUT2D eigenvalue weighted by atomic mass is 16.3. The average molecular weight is 199 g/mol. The van der Waals surface area contributed by atoms with Crippen LogP contribution in [0.4, 0.5) is 0 Å². The van der Waals surface area contributed by atoms with Crippen LogP contribution in [0.1, 0.15) is 26.2 Å². The number of aliphatic hydroxyl groups excluding tert-OH is 1. The molecule has 2 unspecified atom stereocenters. The lowest BCUT2D eigenvalue weighted by molar-refractivity contribution is -0.0972. The first-order valence-electron chi connectivity index (χ1n) is 5.56. The van der Waals surface area contributed by atoms with E-state index in [0.29, 0.717) is 5.92 Å². The standard InChI is InChI=1S/C11H21NO2/c1-9-7-10(9,8-13)11(14)3-5-12(2)6-4-11/h9,13-14H,3-8H2,1-2H3. The van der Waals surface area contributed by atoms with Gasteiger partial charge in [-0.1, -0.05) is 6.92 Å². The molecule has 2 rings (SSSR count). The molecule has 0 bridgehead atoms. The molecule has 0 aromatic rings. The zero-order valence-corrected chi connectivity index (χ0v) is 9.16. The maximum absolute atomic E-state index is 10.6. The van der Waals surface area contributed by atoms with E-state index in [0.717, 1.165) is 32.4 Å². The van der Waals surface area contributed by atoms with E-state index in [9.17, 15) is 10.2 Å². The molecule has 2 aliphatic rings. The van der Waals surface area contributed by atoms with E-state index in [-0.39, 0.29) is 12.0 Å². The molecule has 0 radical (unpaired) electrons. The molecule has 2 N–H and O–H groups in total. The van der Waals surface area contributed by atoms with Gasteiger partial charge >= 0.3 is 0 Å². The topological polar surface area (TPSA) is 43.7 Å². The molecule has 0 aromatic carbocycles. The Hall–Kier alpha value is -0.120. The Morgan fingerprint density at radius 3 is 2.21 bits per heavy atom. The van der Waals surface area contributed by atoms with Gasteiger partial charge in [-0.2, -0.15) is 0 Å². The number of likely N-dealkylation sites (tertiary alicyclic amines) is 1. The smallest absolute Gasteiger partial charge is 0.0752 e. The summed E-state index contributed by atoms with van der Waals surface area (Å²) in [5.74, 6) is 0.487. The highest BCUT2D eigenvalue weighted by Crippen LogP contribution is 2.61. The van der Waals surface area contributed by atoms with Gasteiger partial charge in [0.25, 0.3) is 0 Å². The Morgan fingerprint density at radius 2 is 1.86 bits per heavy atom. The molecule has 1 saturated heterocycles. The van der Waals surface area contributed by atoms with Crippen molar-refractivity contribution in [3.63, 3.8) is 0 Å². The monoisotopic (exact) mass is 199 g/mol. The summed E-state index contributed by atoms with van der Waals surface area (Å²) in [5.41, 5.74) is -0.776. The van der Waals surface area contributed by atoms with Crippen molar-refractivity contribution in [3.05, 3.63) is 0 Å². The van der Waals surface area contributed by atoms with Crippen LogP contribution >= 0.6 is 0 Å². The van der Waals surface area contributed by atoms with Gasteiger partial charge in [0.15, 0.2) is 0 Å². The first-order chi connectivity index (χ1) is 6.54. The van der Waals surface area contributed by atoms with Gasteiger partial charge in [0.05, 0.1) is 12.2 Å². The van der Waals surface area contributed by atoms with E-state index >= 15 is 0 Å². The molecule has 3 nitrogen and oxygen atoms in total. The van der Waals surface area contributed by atoms with Crippen molar-refractivity contribution in [2.45, 2.75) is 31.8 Å². The van der Waals surface area contributed by atoms with Crippen molar-refractivity contribution >= 4 is 0 Å². The van der Waals surface area contributed by atoms with Gasteiger partial charge in [-0.15, -0.1) is 0 Å².